The van der Waals surface area contributed by atoms with E-state index in [-0.39, 0.29) is 24.1 Å². The summed E-state index contributed by atoms with van der Waals surface area (Å²) < 4.78 is 7.00. The number of halogens is 1. The second-order valence-electron chi connectivity index (χ2n) is 5.85. The average Bonchev–Trinajstić information content (AvgIpc) is 3.17. The first-order valence-electron chi connectivity index (χ1n) is 8.67. The van der Waals surface area contributed by atoms with Gasteiger partial charge in [0.1, 0.15) is 5.75 Å². The maximum atomic E-state index is 12.5. The second-order valence-corrected chi connectivity index (χ2v) is 6.29. The number of carbonyl (C=O) groups is 2. The van der Waals surface area contributed by atoms with Crippen molar-refractivity contribution < 1.29 is 14.3 Å². The molecule has 0 atom stereocenters. The fourth-order valence-corrected chi connectivity index (χ4v) is 2.65. The minimum absolute atomic E-state index is 0.0880. The highest BCUT2D eigenvalue weighted by molar-refractivity contribution is 6.30. The lowest BCUT2D eigenvalue weighted by atomic mass is 10.3. The van der Waals surface area contributed by atoms with Gasteiger partial charge in [-0.2, -0.15) is 5.10 Å². The number of anilines is 1. The van der Waals surface area contributed by atoms with Crippen molar-refractivity contribution in [1.29, 1.82) is 0 Å². The summed E-state index contributed by atoms with van der Waals surface area (Å²) in [6.07, 6.45) is 1.69. The maximum absolute atomic E-state index is 12.5. The molecule has 1 aromatic heterocycles. The summed E-state index contributed by atoms with van der Waals surface area (Å²) in [6.45, 7) is 2.29. The Morgan fingerprint density at radius 3 is 2.75 bits per heavy atom. The number of aromatic nitrogens is 2. The first-order chi connectivity index (χ1) is 13.5. The van der Waals surface area contributed by atoms with Crippen LogP contribution < -0.4 is 15.4 Å². The molecule has 0 aliphatic rings. The molecule has 0 saturated carbocycles. The summed E-state index contributed by atoms with van der Waals surface area (Å²) in [4.78, 5) is 24.0. The third kappa shape index (κ3) is 5.11. The normalized spacial score (nSPS) is 10.4. The standard InChI is InChI=1S/C20H19ClN4O3/c1-2-22-19(26)13-28-17-8-4-6-15(12-17)23-20(27)18-9-10-25(24-18)16-7-3-5-14(21)11-16/h3-12H,2,13H2,1H3,(H,22,26)(H,23,27). The van der Waals surface area contributed by atoms with Crippen LogP contribution in [0.5, 0.6) is 5.75 Å². The summed E-state index contributed by atoms with van der Waals surface area (Å²) in [5.74, 6) is -0.0846. The molecule has 28 heavy (non-hydrogen) atoms. The van der Waals surface area contributed by atoms with Gasteiger partial charge in [-0.3, -0.25) is 9.59 Å². The van der Waals surface area contributed by atoms with Gasteiger partial charge in [0.2, 0.25) is 0 Å². The minimum atomic E-state index is -0.360. The molecule has 0 saturated heterocycles. The summed E-state index contributed by atoms with van der Waals surface area (Å²) >= 11 is 5.99. The summed E-state index contributed by atoms with van der Waals surface area (Å²) in [7, 11) is 0. The van der Waals surface area contributed by atoms with Gasteiger partial charge in [-0.05, 0) is 43.3 Å². The Kier molecular flexibility index (Phi) is 6.29. The van der Waals surface area contributed by atoms with Crippen LogP contribution in [0.2, 0.25) is 5.02 Å². The van der Waals surface area contributed by atoms with Crippen LogP contribution in [-0.2, 0) is 4.79 Å². The molecule has 0 unspecified atom stereocenters. The van der Waals surface area contributed by atoms with E-state index in [9.17, 15) is 9.59 Å². The van der Waals surface area contributed by atoms with Gasteiger partial charge in [-0.25, -0.2) is 4.68 Å². The van der Waals surface area contributed by atoms with Crippen molar-refractivity contribution in [3.63, 3.8) is 0 Å². The fourth-order valence-electron chi connectivity index (χ4n) is 2.46. The Balaban J connectivity index is 1.65. The molecule has 2 amide bonds. The van der Waals surface area contributed by atoms with Crippen LogP contribution in [0.4, 0.5) is 5.69 Å². The maximum Gasteiger partial charge on any atom is 0.276 e. The first-order valence-corrected chi connectivity index (χ1v) is 9.05. The molecule has 0 radical (unpaired) electrons. The van der Waals surface area contributed by atoms with E-state index in [1.165, 1.54) is 0 Å². The zero-order valence-corrected chi connectivity index (χ0v) is 15.9. The number of hydrogen-bond acceptors (Lipinski definition) is 4. The fraction of sp³-hybridized carbons (Fsp3) is 0.150. The van der Waals surface area contributed by atoms with E-state index in [1.807, 2.05) is 19.1 Å². The molecule has 3 aromatic rings. The highest BCUT2D eigenvalue weighted by Crippen LogP contribution is 2.18. The highest BCUT2D eigenvalue weighted by Gasteiger charge is 2.11. The van der Waals surface area contributed by atoms with Gasteiger partial charge in [0.05, 0.1) is 5.69 Å². The van der Waals surface area contributed by atoms with Crippen molar-refractivity contribution in [2.75, 3.05) is 18.5 Å². The van der Waals surface area contributed by atoms with Gasteiger partial charge in [0, 0.05) is 29.5 Å². The number of likely N-dealkylation sites (N-methyl/N-ethyl adjacent to an activating group) is 1. The number of hydrogen-bond donors (Lipinski definition) is 2. The Bertz CT molecular complexity index is 987. The molecule has 144 valence electrons. The van der Waals surface area contributed by atoms with E-state index in [1.54, 1.807) is 53.3 Å². The van der Waals surface area contributed by atoms with E-state index in [4.69, 9.17) is 16.3 Å². The average molecular weight is 399 g/mol. The molecule has 0 fully saturated rings. The number of ether oxygens (including phenoxy) is 1. The lowest BCUT2D eigenvalue weighted by Crippen LogP contribution is -2.28. The predicted octanol–water partition coefficient (Wildman–Crippen LogP) is 3.29. The lowest BCUT2D eigenvalue weighted by molar-refractivity contribution is -0.122. The van der Waals surface area contributed by atoms with Gasteiger partial charge in [0.15, 0.2) is 12.3 Å². The van der Waals surface area contributed by atoms with Gasteiger partial charge >= 0.3 is 0 Å². The number of carbonyl (C=O) groups excluding carboxylic acids is 2. The van der Waals surface area contributed by atoms with E-state index in [0.29, 0.717) is 23.0 Å². The van der Waals surface area contributed by atoms with Crippen LogP contribution in [-0.4, -0.2) is 34.7 Å². The molecule has 2 aromatic carbocycles. The lowest BCUT2D eigenvalue weighted by Gasteiger charge is -2.08. The molecule has 0 aliphatic heterocycles. The zero-order chi connectivity index (χ0) is 19.9. The quantitative estimate of drug-likeness (QED) is 0.639. The monoisotopic (exact) mass is 398 g/mol. The van der Waals surface area contributed by atoms with Crippen LogP contribution >= 0.6 is 11.6 Å². The van der Waals surface area contributed by atoms with Crippen molar-refractivity contribution in [2.24, 2.45) is 0 Å². The number of nitrogens with zero attached hydrogens (tertiary/aromatic N) is 2. The first kappa shape index (κ1) is 19.4. The number of rotatable bonds is 7. The number of nitrogens with one attached hydrogen (secondary N) is 2. The Morgan fingerprint density at radius 1 is 1.14 bits per heavy atom. The molecular weight excluding hydrogens is 380 g/mol. The van der Waals surface area contributed by atoms with E-state index < -0.39 is 0 Å². The van der Waals surface area contributed by atoms with Gasteiger partial charge < -0.3 is 15.4 Å². The van der Waals surface area contributed by atoms with Crippen molar-refractivity contribution >= 4 is 29.1 Å². The van der Waals surface area contributed by atoms with Gasteiger partial charge in [-0.15, -0.1) is 0 Å². The second kappa shape index (κ2) is 9.05. The predicted molar refractivity (Wildman–Crippen MR) is 107 cm³/mol. The molecule has 3 rings (SSSR count). The molecule has 0 aliphatic carbocycles. The molecule has 0 bridgehead atoms. The number of benzene rings is 2. The van der Waals surface area contributed by atoms with Crippen LogP contribution in [0.15, 0.2) is 60.8 Å². The van der Waals surface area contributed by atoms with Crippen molar-refractivity contribution in [3.05, 3.63) is 71.5 Å². The van der Waals surface area contributed by atoms with Crippen molar-refractivity contribution in [2.45, 2.75) is 6.92 Å². The topological polar surface area (TPSA) is 85.3 Å². The van der Waals surface area contributed by atoms with Crippen LogP contribution in [0.3, 0.4) is 0 Å². The van der Waals surface area contributed by atoms with Gasteiger partial charge in [-0.1, -0.05) is 23.7 Å². The van der Waals surface area contributed by atoms with E-state index in [0.717, 1.165) is 5.69 Å². The summed E-state index contributed by atoms with van der Waals surface area (Å²) in [5.41, 5.74) is 1.55. The number of amides is 2. The Morgan fingerprint density at radius 2 is 1.96 bits per heavy atom. The molecular formula is C20H19ClN4O3. The van der Waals surface area contributed by atoms with Crippen LogP contribution in [0.1, 0.15) is 17.4 Å². The smallest absolute Gasteiger partial charge is 0.276 e. The molecule has 0 spiro atoms. The van der Waals surface area contributed by atoms with Gasteiger partial charge in [0.25, 0.3) is 11.8 Å². The zero-order valence-electron chi connectivity index (χ0n) is 15.2. The van der Waals surface area contributed by atoms with Crippen LogP contribution in [0, 0.1) is 0 Å². The Labute approximate surface area is 167 Å². The molecule has 1 heterocycles. The summed E-state index contributed by atoms with van der Waals surface area (Å²) in [5, 5.41) is 10.3. The third-order valence-electron chi connectivity index (χ3n) is 3.73. The van der Waals surface area contributed by atoms with E-state index >= 15 is 0 Å². The largest absolute Gasteiger partial charge is 0.484 e. The van der Waals surface area contributed by atoms with Crippen molar-refractivity contribution in [1.82, 2.24) is 15.1 Å². The molecule has 2 N–H and O–H groups in total. The molecule has 7 nitrogen and oxygen atoms in total. The Hall–Kier alpha value is -3.32. The minimum Gasteiger partial charge on any atom is -0.484 e. The highest BCUT2D eigenvalue weighted by atomic mass is 35.5. The summed E-state index contributed by atoms with van der Waals surface area (Å²) in [6, 6.07) is 15.6. The van der Waals surface area contributed by atoms with Crippen molar-refractivity contribution in [3.8, 4) is 11.4 Å². The van der Waals surface area contributed by atoms with E-state index in [2.05, 4.69) is 15.7 Å². The SMILES string of the molecule is CCNC(=O)COc1cccc(NC(=O)c2ccn(-c3cccc(Cl)c3)n2)c1. The third-order valence-corrected chi connectivity index (χ3v) is 3.97. The molecule has 8 heteroatoms. The van der Waals surface area contributed by atoms with Crippen LogP contribution in [0.25, 0.3) is 5.69 Å².